The zero-order valence-electron chi connectivity index (χ0n) is 11.5. The van der Waals surface area contributed by atoms with Crippen molar-refractivity contribution >= 4 is 34.0 Å². The third-order valence-corrected chi connectivity index (χ3v) is 6.27. The predicted octanol–water partition coefficient (Wildman–Crippen LogP) is 0.655. The van der Waals surface area contributed by atoms with Gasteiger partial charge in [0.25, 0.3) is 0 Å². The fraction of sp³-hybridized carbons (Fsp3) is 0.818. The smallest absolute Gasteiger partial charge is 0.190 e. The minimum absolute atomic E-state index is 0. The largest absolute Gasteiger partial charge is 0.330 e. The van der Waals surface area contributed by atoms with Gasteiger partial charge in [0.2, 0.25) is 0 Å². The molecule has 0 radical (unpaired) electrons. The van der Waals surface area contributed by atoms with Crippen molar-refractivity contribution in [1.82, 2.24) is 14.8 Å². The van der Waals surface area contributed by atoms with Gasteiger partial charge in [-0.2, -0.15) is 0 Å². The lowest BCUT2D eigenvalue weighted by Crippen LogP contribution is -2.08. The van der Waals surface area contributed by atoms with Gasteiger partial charge in [-0.25, -0.2) is 8.42 Å². The Balaban J connectivity index is 0.00000200. The molecule has 0 saturated carbocycles. The molecule has 2 N–H and O–H groups in total. The van der Waals surface area contributed by atoms with E-state index in [0.717, 1.165) is 36.0 Å². The molecule has 9 heteroatoms. The minimum atomic E-state index is -2.76. The Labute approximate surface area is 130 Å². The van der Waals surface area contributed by atoms with E-state index in [-0.39, 0.29) is 12.4 Å². The monoisotopic (exact) mass is 340 g/mol. The van der Waals surface area contributed by atoms with Crippen LogP contribution in [0.2, 0.25) is 0 Å². The summed E-state index contributed by atoms with van der Waals surface area (Å²) in [4.78, 5) is 0. The number of thioether (sulfide) groups is 1. The van der Waals surface area contributed by atoms with E-state index >= 15 is 0 Å². The van der Waals surface area contributed by atoms with Crippen molar-refractivity contribution in [2.45, 2.75) is 24.4 Å². The molecule has 0 aliphatic carbocycles. The first-order chi connectivity index (χ1) is 9.02. The van der Waals surface area contributed by atoms with Crippen molar-refractivity contribution in [3.63, 3.8) is 0 Å². The average molecular weight is 341 g/mol. The molecule has 1 fully saturated rings. The average Bonchev–Trinajstić information content (AvgIpc) is 2.86. The summed E-state index contributed by atoms with van der Waals surface area (Å²) in [6.45, 7) is 0.566. The van der Waals surface area contributed by atoms with Gasteiger partial charge in [-0.1, -0.05) is 11.8 Å². The van der Waals surface area contributed by atoms with Crippen LogP contribution in [0, 0.1) is 5.92 Å². The first-order valence-corrected chi connectivity index (χ1v) is 9.24. The third kappa shape index (κ3) is 4.61. The van der Waals surface area contributed by atoms with E-state index in [1.54, 1.807) is 11.8 Å². The molecule has 0 amide bonds. The number of nitrogens with zero attached hydrogens (tertiary/aromatic N) is 3. The summed E-state index contributed by atoms with van der Waals surface area (Å²) in [5, 5.41) is 9.10. The van der Waals surface area contributed by atoms with Crippen LogP contribution in [0.4, 0.5) is 0 Å². The first kappa shape index (κ1) is 17.7. The van der Waals surface area contributed by atoms with Crippen molar-refractivity contribution in [2.24, 2.45) is 18.7 Å². The fourth-order valence-corrected chi connectivity index (χ4v) is 5.18. The van der Waals surface area contributed by atoms with Crippen LogP contribution in [-0.4, -0.2) is 47.0 Å². The van der Waals surface area contributed by atoms with E-state index < -0.39 is 9.84 Å². The highest BCUT2D eigenvalue weighted by Gasteiger charge is 2.27. The van der Waals surface area contributed by atoms with Crippen molar-refractivity contribution in [3.8, 4) is 0 Å². The lowest BCUT2D eigenvalue weighted by Gasteiger charge is -2.06. The van der Waals surface area contributed by atoms with Crippen molar-refractivity contribution in [3.05, 3.63) is 5.82 Å². The van der Waals surface area contributed by atoms with Gasteiger partial charge >= 0.3 is 0 Å². The fourth-order valence-electron chi connectivity index (χ4n) is 2.23. The molecule has 0 bridgehead atoms. The van der Waals surface area contributed by atoms with E-state index in [1.165, 1.54) is 0 Å². The van der Waals surface area contributed by atoms with Crippen LogP contribution >= 0.6 is 24.2 Å². The molecule has 1 aliphatic rings. The Morgan fingerprint density at radius 1 is 1.45 bits per heavy atom. The maximum absolute atomic E-state index is 11.4. The Hall–Kier alpha value is -0.310. The number of hydrogen-bond donors (Lipinski definition) is 1. The van der Waals surface area contributed by atoms with E-state index in [4.69, 9.17) is 5.73 Å². The second kappa shape index (κ2) is 7.63. The number of halogens is 1. The molecule has 1 saturated heterocycles. The van der Waals surface area contributed by atoms with E-state index in [2.05, 4.69) is 10.2 Å². The van der Waals surface area contributed by atoms with Gasteiger partial charge in [0.05, 0.1) is 11.5 Å². The lowest BCUT2D eigenvalue weighted by atomic mass is 10.1. The predicted molar refractivity (Wildman–Crippen MR) is 83.1 cm³/mol. The van der Waals surface area contributed by atoms with Crippen LogP contribution in [0.3, 0.4) is 0 Å². The van der Waals surface area contributed by atoms with Crippen LogP contribution in [0.15, 0.2) is 5.16 Å². The van der Waals surface area contributed by atoms with Gasteiger partial charge in [0.15, 0.2) is 15.0 Å². The maximum Gasteiger partial charge on any atom is 0.190 e. The molecule has 1 atom stereocenters. The Morgan fingerprint density at radius 2 is 2.20 bits per heavy atom. The van der Waals surface area contributed by atoms with Crippen LogP contribution in [-0.2, 0) is 23.3 Å². The summed E-state index contributed by atoms with van der Waals surface area (Å²) >= 11 is 1.63. The van der Waals surface area contributed by atoms with Crippen LogP contribution in [0.1, 0.15) is 18.7 Å². The van der Waals surface area contributed by atoms with Crippen LogP contribution in [0.5, 0.6) is 0 Å². The molecular formula is C11H21ClN4O2S2. The van der Waals surface area contributed by atoms with Crippen LogP contribution in [0.25, 0.3) is 0 Å². The Bertz CT molecular complexity index is 533. The maximum atomic E-state index is 11.4. The van der Waals surface area contributed by atoms with Crippen LogP contribution < -0.4 is 5.73 Å². The van der Waals surface area contributed by atoms with E-state index in [0.29, 0.717) is 24.0 Å². The Morgan fingerprint density at radius 3 is 2.80 bits per heavy atom. The Kier molecular flexibility index (Phi) is 6.77. The molecule has 20 heavy (non-hydrogen) atoms. The van der Waals surface area contributed by atoms with Gasteiger partial charge in [0.1, 0.15) is 5.82 Å². The molecule has 1 aromatic heterocycles. The second-order valence-corrected chi connectivity index (χ2v) is 8.19. The molecule has 1 unspecified atom stereocenters. The molecule has 6 nitrogen and oxygen atoms in total. The van der Waals surface area contributed by atoms with E-state index in [9.17, 15) is 8.42 Å². The van der Waals surface area contributed by atoms with Gasteiger partial charge < -0.3 is 10.3 Å². The second-order valence-electron chi connectivity index (χ2n) is 4.90. The summed E-state index contributed by atoms with van der Waals surface area (Å²) in [5.74, 6) is 2.80. The third-order valence-electron chi connectivity index (χ3n) is 3.38. The topological polar surface area (TPSA) is 90.9 Å². The van der Waals surface area contributed by atoms with Gasteiger partial charge in [0, 0.05) is 19.2 Å². The molecule has 116 valence electrons. The first-order valence-electron chi connectivity index (χ1n) is 6.43. The van der Waals surface area contributed by atoms with Crippen molar-refractivity contribution in [2.75, 3.05) is 23.8 Å². The molecule has 0 aromatic carbocycles. The normalized spacial score (nSPS) is 20.8. The molecule has 1 aliphatic heterocycles. The molecule has 0 spiro atoms. The van der Waals surface area contributed by atoms with E-state index in [1.807, 2.05) is 11.6 Å². The zero-order chi connectivity index (χ0) is 13.9. The summed E-state index contributed by atoms with van der Waals surface area (Å²) in [6.07, 6.45) is 2.45. The lowest BCUT2D eigenvalue weighted by molar-refractivity contribution is 0.573. The number of rotatable bonds is 6. The standard InChI is InChI=1S/C11H20N4O2S2.ClH/c1-15-10(2-5-12)13-14-11(15)18-6-3-9-4-7-19(16,17)8-9;/h9H,2-8,12H2,1H3;1H. The minimum Gasteiger partial charge on any atom is -0.330 e. The van der Waals surface area contributed by atoms with Crippen molar-refractivity contribution in [1.29, 1.82) is 0 Å². The summed E-state index contributed by atoms with van der Waals surface area (Å²) in [5.41, 5.74) is 5.50. The number of nitrogens with two attached hydrogens (primary N) is 1. The van der Waals surface area contributed by atoms with Crippen molar-refractivity contribution < 1.29 is 8.42 Å². The number of hydrogen-bond acceptors (Lipinski definition) is 6. The van der Waals surface area contributed by atoms with Gasteiger partial charge in [-0.3, -0.25) is 0 Å². The van der Waals surface area contributed by atoms with Gasteiger partial charge in [-0.15, -0.1) is 22.6 Å². The highest BCUT2D eigenvalue weighted by Crippen LogP contribution is 2.25. The molecular weight excluding hydrogens is 320 g/mol. The highest BCUT2D eigenvalue weighted by molar-refractivity contribution is 7.99. The highest BCUT2D eigenvalue weighted by atomic mass is 35.5. The summed E-state index contributed by atoms with van der Waals surface area (Å²) in [6, 6.07) is 0. The zero-order valence-corrected chi connectivity index (χ0v) is 13.9. The quantitative estimate of drug-likeness (QED) is 0.765. The molecule has 2 rings (SSSR count). The molecule has 1 aromatic rings. The molecule has 2 heterocycles. The van der Waals surface area contributed by atoms with Gasteiger partial charge in [-0.05, 0) is 25.3 Å². The number of sulfone groups is 1. The summed E-state index contributed by atoms with van der Waals surface area (Å²) in [7, 11) is -0.820. The number of aromatic nitrogens is 3. The summed E-state index contributed by atoms with van der Waals surface area (Å²) < 4.78 is 24.7. The SMILES string of the molecule is Cl.Cn1c(CCN)nnc1SCCC1CCS(=O)(=O)C1.